The summed E-state index contributed by atoms with van der Waals surface area (Å²) in [5, 5.41) is 0. The van der Waals surface area contributed by atoms with Crippen LogP contribution in [0.3, 0.4) is 0 Å². The maximum atomic E-state index is 12.2. The lowest BCUT2D eigenvalue weighted by atomic mass is 10.2. The molecule has 1 rings (SSSR count). The molecule has 0 fully saturated rings. The molecule has 0 spiro atoms. The van der Waals surface area contributed by atoms with Crippen LogP contribution in [0.1, 0.15) is 17.3 Å². The Morgan fingerprint density at radius 1 is 1.39 bits per heavy atom. The standard InChI is InChI=1S/C12H15BrN2O3/c1-3-15(7-11(16)18-2)12(17)8-4-9(13)6-10(14)5-8/h4-6H,3,7,14H2,1-2H3. The Labute approximate surface area is 114 Å². The fraction of sp³-hybridized carbons (Fsp3) is 0.333. The van der Waals surface area contributed by atoms with Gasteiger partial charge in [0.1, 0.15) is 6.54 Å². The van der Waals surface area contributed by atoms with E-state index in [-0.39, 0.29) is 12.5 Å². The lowest BCUT2D eigenvalue weighted by Gasteiger charge is -2.19. The van der Waals surface area contributed by atoms with Crippen molar-refractivity contribution < 1.29 is 14.3 Å². The van der Waals surface area contributed by atoms with Crippen LogP contribution in [0.2, 0.25) is 0 Å². The van der Waals surface area contributed by atoms with Gasteiger partial charge in [0.25, 0.3) is 5.91 Å². The molecule has 18 heavy (non-hydrogen) atoms. The van der Waals surface area contributed by atoms with Crippen LogP contribution in [0.15, 0.2) is 22.7 Å². The van der Waals surface area contributed by atoms with Crippen molar-refractivity contribution in [1.82, 2.24) is 4.90 Å². The third-order valence-corrected chi connectivity index (χ3v) is 2.84. The fourth-order valence-electron chi connectivity index (χ4n) is 1.47. The molecule has 0 saturated heterocycles. The number of anilines is 1. The molecule has 0 heterocycles. The smallest absolute Gasteiger partial charge is 0.325 e. The Balaban J connectivity index is 2.92. The monoisotopic (exact) mass is 314 g/mol. The summed E-state index contributed by atoms with van der Waals surface area (Å²) in [7, 11) is 1.29. The number of rotatable bonds is 4. The van der Waals surface area contributed by atoms with E-state index in [2.05, 4.69) is 20.7 Å². The van der Waals surface area contributed by atoms with Crippen molar-refractivity contribution in [1.29, 1.82) is 0 Å². The molecule has 0 aliphatic rings. The number of carbonyl (C=O) groups excluding carboxylic acids is 2. The van der Waals surface area contributed by atoms with Crippen LogP contribution in [0.25, 0.3) is 0 Å². The average Bonchev–Trinajstić information content (AvgIpc) is 2.33. The van der Waals surface area contributed by atoms with Crippen molar-refractivity contribution in [3.63, 3.8) is 0 Å². The van der Waals surface area contributed by atoms with Gasteiger partial charge in [-0.05, 0) is 25.1 Å². The molecular weight excluding hydrogens is 300 g/mol. The molecule has 0 atom stereocenters. The van der Waals surface area contributed by atoms with Gasteiger partial charge in [-0.15, -0.1) is 0 Å². The third-order valence-electron chi connectivity index (χ3n) is 2.38. The number of hydrogen-bond donors (Lipinski definition) is 1. The molecule has 0 aliphatic heterocycles. The van der Waals surface area contributed by atoms with Crippen molar-refractivity contribution in [2.45, 2.75) is 6.92 Å². The minimum Gasteiger partial charge on any atom is -0.468 e. The summed E-state index contributed by atoms with van der Waals surface area (Å²) in [6.07, 6.45) is 0. The number of hydrogen-bond acceptors (Lipinski definition) is 4. The number of amides is 1. The number of benzene rings is 1. The molecule has 2 N–H and O–H groups in total. The van der Waals surface area contributed by atoms with Crippen LogP contribution in [-0.2, 0) is 9.53 Å². The second kappa shape index (κ2) is 6.39. The van der Waals surface area contributed by atoms with Crippen LogP contribution >= 0.6 is 15.9 Å². The number of methoxy groups -OCH3 is 1. The van der Waals surface area contributed by atoms with E-state index in [1.807, 2.05) is 0 Å². The van der Waals surface area contributed by atoms with Gasteiger partial charge in [0.2, 0.25) is 0 Å². The summed E-state index contributed by atoms with van der Waals surface area (Å²) in [6.45, 7) is 2.14. The van der Waals surface area contributed by atoms with E-state index in [9.17, 15) is 9.59 Å². The molecule has 0 aromatic heterocycles. The van der Waals surface area contributed by atoms with Gasteiger partial charge in [0, 0.05) is 22.3 Å². The highest BCUT2D eigenvalue weighted by molar-refractivity contribution is 9.10. The van der Waals surface area contributed by atoms with E-state index >= 15 is 0 Å². The largest absolute Gasteiger partial charge is 0.468 e. The summed E-state index contributed by atoms with van der Waals surface area (Å²) >= 11 is 3.27. The van der Waals surface area contributed by atoms with Crippen molar-refractivity contribution in [2.24, 2.45) is 0 Å². The lowest BCUT2D eigenvalue weighted by molar-refractivity contribution is -0.141. The minimum atomic E-state index is -0.451. The van der Waals surface area contributed by atoms with E-state index in [0.717, 1.165) is 4.47 Å². The number of nitrogens with two attached hydrogens (primary N) is 1. The number of nitrogen functional groups attached to an aromatic ring is 1. The third kappa shape index (κ3) is 3.73. The van der Waals surface area contributed by atoms with Gasteiger partial charge in [0.05, 0.1) is 7.11 Å². The molecule has 5 nitrogen and oxygen atoms in total. The molecule has 0 saturated carbocycles. The lowest BCUT2D eigenvalue weighted by Crippen LogP contribution is -2.36. The Morgan fingerprint density at radius 2 is 2.06 bits per heavy atom. The number of carbonyl (C=O) groups is 2. The molecule has 1 aromatic rings. The number of ether oxygens (including phenoxy) is 1. The molecular formula is C12H15BrN2O3. The molecule has 1 amide bonds. The van der Waals surface area contributed by atoms with E-state index in [0.29, 0.717) is 17.8 Å². The normalized spacial score (nSPS) is 9.94. The summed E-state index contributed by atoms with van der Waals surface area (Å²) < 4.78 is 5.27. The second-order valence-electron chi connectivity index (χ2n) is 3.67. The maximum Gasteiger partial charge on any atom is 0.325 e. The van der Waals surface area contributed by atoms with E-state index < -0.39 is 5.97 Å². The highest BCUT2D eigenvalue weighted by Crippen LogP contribution is 2.18. The zero-order valence-corrected chi connectivity index (χ0v) is 11.9. The van der Waals surface area contributed by atoms with E-state index in [1.54, 1.807) is 25.1 Å². The topological polar surface area (TPSA) is 72.6 Å². The van der Waals surface area contributed by atoms with Crippen LogP contribution < -0.4 is 5.73 Å². The van der Waals surface area contributed by atoms with Crippen LogP contribution in [0.4, 0.5) is 5.69 Å². The van der Waals surface area contributed by atoms with Gasteiger partial charge in [-0.25, -0.2) is 0 Å². The van der Waals surface area contributed by atoms with Gasteiger partial charge >= 0.3 is 5.97 Å². The SMILES string of the molecule is CCN(CC(=O)OC)C(=O)c1cc(N)cc(Br)c1. The molecule has 0 unspecified atom stereocenters. The van der Waals surface area contributed by atoms with Crippen molar-refractivity contribution in [3.05, 3.63) is 28.2 Å². The molecule has 0 radical (unpaired) electrons. The average molecular weight is 315 g/mol. The zero-order valence-electron chi connectivity index (χ0n) is 10.3. The Bertz CT molecular complexity index is 442. The first-order valence-electron chi connectivity index (χ1n) is 5.40. The number of halogens is 1. The molecule has 0 bridgehead atoms. The van der Waals surface area contributed by atoms with Gasteiger partial charge in [-0.1, -0.05) is 15.9 Å². The zero-order chi connectivity index (χ0) is 13.7. The molecule has 98 valence electrons. The Morgan fingerprint density at radius 3 is 2.56 bits per heavy atom. The molecule has 0 aliphatic carbocycles. The van der Waals surface area contributed by atoms with E-state index in [4.69, 9.17) is 5.73 Å². The maximum absolute atomic E-state index is 12.2. The van der Waals surface area contributed by atoms with Gasteiger partial charge in [-0.2, -0.15) is 0 Å². The van der Waals surface area contributed by atoms with Gasteiger partial charge in [0.15, 0.2) is 0 Å². The first kappa shape index (κ1) is 14.5. The van der Waals surface area contributed by atoms with Gasteiger partial charge < -0.3 is 15.4 Å². The first-order valence-corrected chi connectivity index (χ1v) is 6.19. The van der Waals surface area contributed by atoms with Crippen molar-refractivity contribution in [2.75, 3.05) is 25.9 Å². The number of likely N-dealkylation sites (N-methyl/N-ethyl adjacent to an activating group) is 1. The fourth-order valence-corrected chi connectivity index (χ4v) is 1.98. The molecule has 6 heteroatoms. The second-order valence-corrected chi connectivity index (χ2v) is 4.58. The Hall–Kier alpha value is -1.56. The first-order chi connectivity index (χ1) is 8.47. The highest BCUT2D eigenvalue weighted by atomic mass is 79.9. The predicted octanol–water partition coefficient (Wildman–Crippen LogP) is 1.67. The summed E-state index contributed by atoms with van der Waals surface area (Å²) in [5.74, 6) is -0.705. The minimum absolute atomic E-state index is 0.0712. The van der Waals surface area contributed by atoms with Crippen LogP contribution in [0, 0.1) is 0 Å². The van der Waals surface area contributed by atoms with Crippen LogP contribution in [0.5, 0.6) is 0 Å². The molecule has 1 aromatic carbocycles. The quantitative estimate of drug-likeness (QED) is 0.677. The summed E-state index contributed by atoms with van der Waals surface area (Å²) in [5.41, 5.74) is 6.60. The Kier molecular flexibility index (Phi) is 5.15. The summed E-state index contributed by atoms with van der Waals surface area (Å²) in [4.78, 5) is 24.8. The highest BCUT2D eigenvalue weighted by Gasteiger charge is 2.18. The summed E-state index contributed by atoms with van der Waals surface area (Å²) in [6, 6.07) is 4.94. The predicted molar refractivity (Wildman–Crippen MR) is 72.1 cm³/mol. The van der Waals surface area contributed by atoms with Gasteiger partial charge in [-0.3, -0.25) is 9.59 Å². The van der Waals surface area contributed by atoms with Crippen molar-refractivity contribution >= 4 is 33.5 Å². The number of esters is 1. The number of nitrogens with zero attached hydrogens (tertiary/aromatic N) is 1. The van der Waals surface area contributed by atoms with Crippen molar-refractivity contribution in [3.8, 4) is 0 Å². The van der Waals surface area contributed by atoms with Crippen LogP contribution in [-0.4, -0.2) is 37.0 Å². The van der Waals surface area contributed by atoms with E-state index in [1.165, 1.54) is 12.0 Å².